The van der Waals surface area contributed by atoms with Crippen molar-refractivity contribution in [2.75, 3.05) is 98.4 Å². The minimum atomic E-state index is -0.397. The molecule has 0 N–H and O–H groups in total. The molecule has 5 rings (SSSR count). The number of hydrogen-bond donors (Lipinski definition) is 0. The number of piperazine rings is 1. The van der Waals surface area contributed by atoms with Crippen molar-refractivity contribution in [3.63, 3.8) is 0 Å². The Morgan fingerprint density at radius 2 is 1.21 bits per heavy atom. The first-order valence-electron chi connectivity index (χ1n) is 11.6. The molecule has 4 heterocycles. The fraction of sp³-hybridized carbons (Fsp3) is 0.545. The number of nitro groups is 1. The smallest absolute Gasteiger partial charge is 0.269 e. The number of ether oxygens (including phenoxy) is 2. The Labute approximate surface area is 196 Å². The van der Waals surface area contributed by atoms with Gasteiger partial charge in [-0.2, -0.15) is 14.4 Å². The van der Waals surface area contributed by atoms with Gasteiger partial charge in [-0.25, -0.2) is 0 Å². The monoisotopic (exact) mass is 473 g/mol. The zero-order valence-electron chi connectivity index (χ0n) is 18.9. The van der Waals surface area contributed by atoms with Gasteiger partial charge in [-0.15, -0.1) is 0 Å². The number of hydrogen-bond acceptors (Lipinski definition) is 10. The lowest BCUT2D eigenvalue weighted by Crippen LogP contribution is -2.47. The van der Waals surface area contributed by atoms with Crippen molar-refractivity contribution in [2.45, 2.75) is 0 Å². The Bertz CT molecular complexity index is 966. The number of morpholine rings is 2. The molecule has 1 aromatic carbocycles. The molecule has 3 saturated heterocycles. The molecule has 11 nitrogen and oxygen atoms in total. The quantitative estimate of drug-likeness (QED) is 0.469. The van der Waals surface area contributed by atoms with Gasteiger partial charge in [0.15, 0.2) is 11.6 Å². The first-order valence-corrected chi connectivity index (χ1v) is 11.6. The largest absolute Gasteiger partial charge is 0.378 e. The zero-order chi connectivity index (χ0) is 23.5. The second-order valence-electron chi connectivity index (χ2n) is 8.43. The number of nitro benzene ring substituents is 1. The molecule has 0 atom stereocenters. The average molecular weight is 474 g/mol. The standard InChI is InChI=1S/C22H28FN7O4/c23-19-20(27-9-13-33-14-10-27)24-22(25-21(19)28-11-15-34-16-12-28)29-7-5-26(6-8-29)17-1-3-18(4-2-17)30(31)32/h1-4H,5-16H2. The van der Waals surface area contributed by atoms with Gasteiger partial charge in [0.25, 0.3) is 5.69 Å². The number of benzene rings is 1. The topological polar surface area (TPSA) is 100 Å². The molecule has 0 bridgehead atoms. The van der Waals surface area contributed by atoms with Crippen LogP contribution >= 0.6 is 0 Å². The maximum absolute atomic E-state index is 15.6. The highest BCUT2D eigenvalue weighted by atomic mass is 19.1. The van der Waals surface area contributed by atoms with E-state index in [0.717, 1.165) is 5.69 Å². The molecule has 0 spiro atoms. The van der Waals surface area contributed by atoms with E-state index in [1.54, 1.807) is 12.1 Å². The Hall–Kier alpha value is -3.25. The average Bonchev–Trinajstić information content (AvgIpc) is 2.90. The van der Waals surface area contributed by atoms with Gasteiger partial charge >= 0.3 is 0 Å². The van der Waals surface area contributed by atoms with Crippen LogP contribution in [0.4, 0.5) is 33.3 Å². The van der Waals surface area contributed by atoms with Crippen LogP contribution in [-0.4, -0.2) is 93.7 Å². The molecule has 1 aromatic heterocycles. The number of nitrogens with zero attached hydrogens (tertiary/aromatic N) is 7. The van der Waals surface area contributed by atoms with Crippen molar-refractivity contribution in [3.8, 4) is 0 Å². The second-order valence-corrected chi connectivity index (χ2v) is 8.43. The maximum Gasteiger partial charge on any atom is 0.269 e. The Balaban J connectivity index is 1.36. The molecule has 3 fully saturated rings. The third-order valence-electron chi connectivity index (χ3n) is 6.41. The van der Waals surface area contributed by atoms with E-state index < -0.39 is 10.7 Å². The number of aromatic nitrogens is 2. The summed E-state index contributed by atoms with van der Waals surface area (Å²) in [7, 11) is 0. The predicted molar refractivity (Wildman–Crippen MR) is 126 cm³/mol. The van der Waals surface area contributed by atoms with E-state index >= 15 is 4.39 Å². The van der Waals surface area contributed by atoms with Crippen LogP contribution in [0.3, 0.4) is 0 Å². The highest BCUT2D eigenvalue weighted by Crippen LogP contribution is 2.30. The Morgan fingerprint density at radius 1 is 0.735 bits per heavy atom. The Morgan fingerprint density at radius 3 is 1.68 bits per heavy atom. The summed E-state index contributed by atoms with van der Waals surface area (Å²) in [5.74, 6) is 0.782. The SMILES string of the molecule is O=[N+]([O-])c1ccc(N2CCN(c3nc(N4CCOCC4)c(F)c(N4CCOCC4)n3)CC2)cc1. The summed E-state index contributed by atoms with van der Waals surface area (Å²) in [6.07, 6.45) is 0. The van der Waals surface area contributed by atoms with E-state index in [1.807, 2.05) is 9.80 Å². The van der Waals surface area contributed by atoms with Gasteiger partial charge in [-0.1, -0.05) is 0 Å². The molecule has 3 aliphatic heterocycles. The summed E-state index contributed by atoms with van der Waals surface area (Å²) in [4.78, 5) is 28.0. The van der Waals surface area contributed by atoms with E-state index in [4.69, 9.17) is 9.47 Å². The molecule has 0 unspecified atom stereocenters. The first kappa shape index (κ1) is 22.5. The van der Waals surface area contributed by atoms with Crippen LogP contribution in [0.15, 0.2) is 24.3 Å². The van der Waals surface area contributed by atoms with Crippen LogP contribution in [0, 0.1) is 15.9 Å². The van der Waals surface area contributed by atoms with Crippen molar-refractivity contribution in [3.05, 3.63) is 40.2 Å². The van der Waals surface area contributed by atoms with E-state index in [9.17, 15) is 10.1 Å². The zero-order valence-corrected chi connectivity index (χ0v) is 18.9. The van der Waals surface area contributed by atoms with Crippen LogP contribution < -0.4 is 19.6 Å². The van der Waals surface area contributed by atoms with Gasteiger partial charge in [0.05, 0.1) is 31.4 Å². The van der Waals surface area contributed by atoms with Crippen LogP contribution in [0.5, 0.6) is 0 Å². The van der Waals surface area contributed by atoms with Crippen molar-refractivity contribution in [2.24, 2.45) is 0 Å². The van der Waals surface area contributed by atoms with Gasteiger partial charge in [0.1, 0.15) is 0 Å². The summed E-state index contributed by atoms with van der Waals surface area (Å²) < 4.78 is 26.5. The van der Waals surface area contributed by atoms with E-state index in [2.05, 4.69) is 19.8 Å². The van der Waals surface area contributed by atoms with Gasteiger partial charge in [0, 0.05) is 70.2 Å². The van der Waals surface area contributed by atoms with Crippen molar-refractivity contribution >= 4 is 29.0 Å². The van der Waals surface area contributed by atoms with Crippen molar-refractivity contribution in [1.29, 1.82) is 0 Å². The van der Waals surface area contributed by atoms with Gasteiger partial charge in [-0.05, 0) is 12.1 Å². The summed E-state index contributed by atoms with van der Waals surface area (Å²) in [6, 6.07) is 6.59. The number of rotatable bonds is 5. The lowest BCUT2D eigenvalue weighted by atomic mass is 10.2. The summed E-state index contributed by atoms with van der Waals surface area (Å²) in [5.41, 5.74) is 1.02. The third kappa shape index (κ3) is 4.68. The molecule has 12 heteroatoms. The summed E-state index contributed by atoms with van der Waals surface area (Å²) >= 11 is 0. The van der Waals surface area contributed by atoms with Gasteiger partial charge in [-0.3, -0.25) is 10.1 Å². The third-order valence-corrected chi connectivity index (χ3v) is 6.41. The van der Waals surface area contributed by atoms with E-state index in [-0.39, 0.29) is 5.69 Å². The minimum absolute atomic E-state index is 0.0772. The van der Waals surface area contributed by atoms with Gasteiger partial charge in [0.2, 0.25) is 11.8 Å². The summed E-state index contributed by atoms with van der Waals surface area (Å²) in [6.45, 7) is 7.25. The normalized spacial score (nSPS) is 19.4. The highest BCUT2D eigenvalue weighted by molar-refractivity contribution is 5.59. The van der Waals surface area contributed by atoms with Crippen LogP contribution in [0.2, 0.25) is 0 Å². The fourth-order valence-corrected chi connectivity index (χ4v) is 4.47. The maximum atomic E-state index is 15.6. The second kappa shape index (κ2) is 9.94. The summed E-state index contributed by atoms with van der Waals surface area (Å²) in [5, 5.41) is 10.9. The number of non-ortho nitro benzene ring substituents is 1. The lowest BCUT2D eigenvalue weighted by Gasteiger charge is -2.37. The fourth-order valence-electron chi connectivity index (χ4n) is 4.47. The van der Waals surface area contributed by atoms with E-state index in [0.29, 0.717) is 96.4 Å². The van der Waals surface area contributed by atoms with Crippen molar-refractivity contribution < 1.29 is 18.8 Å². The molecule has 0 aliphatic carbocycles. The molecule has 0 radical (unpaired) electrons. The van der Waals surface area contributed by atoms with Crippen molar-refractivity contribution in [1.82, 2.24) is 9.97 Å². The lowest BCUT2D eigenvalue weighted by molar-refractivity contribution is -0.384. The molecule has 0 saturated carbocycles. The number of halogens is 1. The molecule has 0 amide bonds. The Kier molecular flexibility index (Phi) is 6.59. The molecular weight excluding hydrogens is 445 g/mol. The molecule has 182 valence electrons. The minimum Gasteiger partial charge on any atom is -0.378 e. The first-order chi connectivity index (χ1) is 16.6. The number of anilines is 4. The predicted octanol–water partition coefficient (Wildman–Crippen LogP) is 1.52. The van der Waals surface area contributed by atoms with Crippen LogP contribution in [-0.2, 0) is 9.47 Å². The molecule has 3 aliphatic rings. The van der Waals surface area contributed by atoms with Crippen LogP contribution in [0.25, 0.3) is 0 Å². The van der Waals surface area contributed by atoms with E-state index in [1.165, 1.54) is 12.1 Å². The highest BCUT2D eigenvalue weighted by Gasteiger charge is 2.28. The molecule has 2 aromatic rings. The van der Waals surface area contributed by atoms with Crippen LogP contribution in [0.1, 0.15) is 0 Å². The molecular formula is C22H28FN7O4. The van der Waals surface area contributed by atoms with Gasteiger partial charge < -0.3 is 29.1 Å². The molecule has 34 heavy (non-hydrogen) atoms.